The minimum Gasteiger partial charge on any atom is -0.319 e. The van der Waals surface area contributed by atoms with Crippen molar-refractivity contribution in [2.24, 2.45) is 0 Å². The second kappa shape index (κ2) is 5.10. The Labute approximate surface area is 94.4 Å². The minimum atomic E-state index is 1.04. The molecule has 1 nitrogen and oxygen atoms in total. The van der Waals surface area contributed by atoms with Gasteiger partial charge in [0.25, 0.3) is 0 Å². The molecule has 1 aromatic heterocycles. The number of nitrogens with one attached hydrogen (secondary N) is 1. The third-order valence-corrected chi connectivity index (χ3v) is 3.27. The van der Waals surface area contributed by atoms with E-state index in [4.69, 9.17) is 0 Å². The summed E-state index contributed by atoms with van der Waals surface area (Å²) in [4.78, 5) is 0. The van der Waals surface area contributed by atoms with E-state index in [1.165, 1.54) is 15.6 Å². The van der Waals surface area contributed by atoms with Crippen molar-refractivity contribution in [2.45, 2.75) is 6.42 Å². The van der Waals surface area contributed by atoms with Crippen LogP contribution in [0.5, 0.6) is 0 Å². The standard InChI is InChI=1S/C13H15NS/c1-14-9-3-2-5-11-6-4-7-13-12(11)8-10-15-13/h2,4-8,10,14H,3,9H2,1H3. The molecule has 0 radical (unpaired) electrons. The first-order valence-corrected chi connectivity index (χ1v) is 6.07. The lowest BCUT2D eigenvalue weighted by Gasteiger charge is -1.96. The maximum Gasteiger partial charge on any atom is 0.0348 e. The summed E-state index contributed by atoms with van der Waals surface area (Å²) in [5.74, 6) is 0. The minimum absolute atomic E-state index is 1.04. The van der Waals surface area contributed by atoms with Crippen LogP contribution < -0.4 is 5.32 Å². The second-order valence-corrected chi connectivity index (χ2v) is 4.42. The summed E-state index contributed by atoms with van der Waals surface area (Å²) in [5, 5.41) is 6.65. The van der Waals surface area contributed by atoms with Crippen LogP contribution in [0.25, 0.3) is 16.2 Å². The molecule has 0 aliphatic carbocycles. The van der Waals surface area contributed by atoms with E-state index in [9.17, 15) is 0 Å². The van der Waals surface area contributed by atoms with E-state index in [0.717, 1.165) is 13.0 Å². The highest BCUT2D eigenvalue weighted by molar-refractivity contribution is 7.17. The summed E-state index contributed by atoms with van der Waals surface area (Å²) in [6.07, 6.45) is 5.52. The van der Waals surface area contributed by atoms with Crippen molar-refractivity contribution in [1.82, 2.24) is 5.32 Å². The lowest BCUT2D eigenvalue weighted by Crippen LogP contribution is -2.05. The molecule has 0 saturated heterocycles. The fourth-order valence-corrected chi connectivity index (χ4v) is 2.42. The Kier molecular flexibility index (Phi) is 3.54. The average molecular weight is 217 g/mol. The van der Waals surface area contributed by atoms with Gasteiger partial charge in [-0.2, -0.15) is 0 Å². The number of fused-ring (bicyclic) bond motifs is 1. The number of benzene rings is 1. The number of rotatable bonds is 4. The van der Waals surface area contributed by atoms with Crippen molar-refractivity contribution in [2.75, 3.05) is 13.6 Å². The van der Waals surface area contributed by atoms with Crippen LogP contribution in [0.15, 0.2) is 35.7 Å². The fourth-order valence-electron chi connectivity index (χ4n) is 1.60. The average Bonchev–Trinajstić information content (AvgIpc) is 2.73. The van der Waals surface area contributed by atoms with E-state index in [1.807, 2.05) is 7.05 Å². The van der Waals surface area contributed by atoms with Gasteiger partial charge in [0.15, 0.2) is 0 Å². The first-order valence-electron chi connectivity index (χ1n) is 5.19. The summed E-state index contributed by atoms with van der Waals surface area (Å²) < 4.78 is 1.37. The van der Waals surface area contributed by atoms with Crippen molar-refractivity contribution in [1.29, 1.82) is 0 Å². The van der Waals surface area contributed by atoms with Crippen LogP contribution in [0.3, 0.4) is 0 Å². The lowest BCUT2D eigenvalue weighted by molar-refractivity contribution is 0.809. The highest BCUT2D eigenvalue weighted by atomic mass is 32.1. The molecule has 0 spiro atoms. The van der Waals surface area contributed by atoms with Crippen molar-refractivity contribution >= 4 is 27.5 Å². The van der Waals surface area contributed by atoms with Crippen LogP contribution in [-0.2, 0) is 0 Å². The maximum absolute atomic E-state index is 3.14. The van der Waals surface area contributed by atoms with E-state index in [2.05, 4.69) is 47.1 Å². The number of hydrogen-bond acceptors (Lipinski definition) is 2. The molecule has 0 bridgehead atoms. The summed E-state index contributed by atoms with van der Waals surface area (Å²) in [5.41, 5.74) is 1.32. The van der Waals surface area contributed by atoms with Crippen LogP contribution in [0.1, 0.15) is 12.0 Å². The van der Waals surface area contributed by atoms with Crippen molar-refractivity contribution in [3.8, 4) is 0 Å². The fraction of sp³-hybridized carbons (Fsp3) is 0.231. The van der Waals surface area contributed by atoms with Gasteiger partial charge in [0.1, 0.15) is 0 Å². The molecule has 1 N–H and O–H groups in total. The predicted molar refractivity (Wildman–Crippen MR) is 69.4 cm³/mol. The summed E-state index contributed by atoms with van der Waals surface area (Å²) in [6, 6.07) is 8.66. The molecule has 1 aromatic carbocycles. The Morgan fingerprint density at radius 3 is 3.13 bits per heavy atom. The van der Waals surface area contributed by atoms with Gasteiger partial charge in [-0.1, -0.05) is 24.3 Å². The molecule has 2 aromatic rings. The Morgan fingerprint density at radius 1 is 1.33 bits per heavy atom. The van der Waals surface area contributed by atoms with Crippen LogP contribution in [0.4, 0.5) is 0 Å². The zero-order valence-electron chi connectivity index (χ0n) is 8.86. The van der Waals surface area contributed by atoms with Crippen LogP contribution in [0, 0.1) is 0 Å². The molecular formula is C13H15NS. The molecule has 0 saturated carbocycles. The van der Waals surface area contributed by atoms with Gasteiger partial charge in [-0.05, 0) is 48.5 Å². The van der Waals surface area contributed by atoms with Crippen molar-refractivity contribution in [3.63, 3.8) is 0 Å². The zero-order chi connectivity index (χ0) is 10.5. The van der Waals surface area contributed by atoms with Crippen LogP contribution >= 0.6 is 11.3 Å². The van der Waals surface area contributed by atoms with E-state index in [-0.39, 0.29) is 0 Å². The SMILES string of the molecule is CNCCC=Cc1cccc2sccc12. The van der Waals surface area contributed by atoms with Gasteiger partial charge in [0, 0.05) is 4.70 Å². The molecule has 2 rings (SSSR count). The summed E-state index contributed by atoms with van der Waals surface area (Å²) in [7, 11) is 1.98. The molecule has 15 heavy (non-hydrogen) atoms. The van der Waals surface area contributed by atoms with Crippen LogP contribution in [0.2, 0.25) is 0 Å². The van der Waals surface area contributed by atoms with E-state index < -0.39 is 0 Å². The van der Waals surface area contributed by atoms with Gasteiger partial charge < -0.3 is 5.32 Å². The lowest BCUT2D eigenvalue weighted by atomic mass is 10.1. The molecule has 0 atom stereocenters. The molecule has 0 aliphatic heterocycles. The van der Waals surface area contributed by atoms with Gasteiger partial charge in [-0.3, -0.25) is 0 Å². The zero-order valence-corrected chi connectivity index (χ0v) is 9.68. The Bertz CT molecular complexity index is 456. The number of thiophene rings is 1. The van der Waals surface area contributed by atoms with Gasteiger partial charge in [-0.25, -0.2) is 0 Å². The molecule has 0 aliphatic rings. The number of hydrogen-bond donors (Lipinski definition) is 1. The second-order valence-electron chi connectivity index (χ2n) is 3.47. The molecule has 1 heterocycles. The topological polar surface area (TPSA) is 12.0 Å². The van der Waals surface area contributed by atoms with Crippen molar-refractivity contribution in [3.05, 3.63) is 41.3 Å². The molecule has 0 amide bonds. The normalized spacial score (nSPS) is 11.5. The Hall–Kier alpha value is -1.12. The molecule has 0 fully saturated rings. The van der Waals surface area contributed by atoms with E-state index in [1.54, 1.807) is 11.3 Å². The predicted octanol–water partition coefficient (Wildman–Crippen LogP) is 3.52. The summed E-state index contributed by atoms with van der Waals surface area (Å²) in [6.45, 7) is 1.04. The van der Waals surface area contributed by atoms with Crippen molar-refractivity contribution < 1.29 is 0 Å². The van der Waals surface area contributed by atoms with Gasteiger partial charge in [0.05, 0.1) is 0 Å². The van der Waals surface area contributed by atoms with Crippen LogP contribution in [-0.4, -0.2) is 13.6 Å². The van der Waals surface area contributed by atoms with E-state index >= 15 is 0 Å². The quantitative estimate of drug-likeness (QED) is 0.773. The van der Waals surface area contributed by atoms with E-state index in [0.29, 0.717) is 0 Å². The van der Waals surface area contributed by atoms with Gasteiger partial charge in [0.2, 0.25) is 0 Å². The Morgan fingerprint density at radius 2 is 2.27 bits per heavy atom. The first kappa shape index (κ1) is 10.4. The van der Waals surface area contributed by atoms with Gasteiger partial charge >= 0.3 is 0 Å². The largest absolute Gasteiger partial charge is 0.319 e. The molecular weight excluding hydrogens is 202 g/mol. The third kappa shape index (κ3) is 2.46. The maximum atomic E-state index is 3.14. The summed E-state index contributed by atoms with van der Waals surface area (Å²) >= 11 is 1.80. The molecule has 0 unspecified atom stereocenters. The van der Waals surface area contributed by atoms with Gasteiger partial charge in [-0.15, -0.1) is 11.3 Å². The monoisotopic (exact) mass is 217 g/mol. The third-order valence-electron chi connectivity index (χ3n) is 2.39. The first-order chi connectivity index (χ1) is 7.42. The highest BCUT2D eigenvalue weighted by Gasteiger charge is 1.97. The molecule has 78 valence electrons. The smallest absolute Gasteiger partial charge is 0.0348 e. The highest BCUT2D eigenvalue weighted by Crippen LogP contribution is 2.24. The molecule has 2 heteroatoms. The Balaban J connectivity index is 2.20.